The van der Waals surface area contributed by atoms with Crippen molar-refractivity contribution < 1.29 is 29.4 Å². The van der Waals surface area contributed by atoms with Gasteiger partial charge in [-0.25, -0.2) is 5.21 Å². The van der Waals surface area contributed by atoms with E-state index in [4.69, 9.17) is 19.4 Å². The highest BCUT2D eigenvalue weighted by atomic mass is 16.8. The summed E-state index contributed by atoms with van der Waals surface area (Å²) in [4.78, 5) is 12.6. The largest absolute Gasteiger partial charge is 0.595 e. The first-order chi connectivity index (χ1) is 12.0. The molecule has 7 heteroatoms. The summed E-state index contributed by atoms with van der Waals surface area (Å²) < 4.78 is 15.7. The fourth-order valence-electron chi connectivity index (χ4n) is 2.28. The van der Waals surface area contributed by atoms with Crippen LogP contribution in [0.4, 0.5) is 5.69 Å². The minimum absolute atomic E-state index is 0.147. The van der Waals surface area contributed by atoms with Gasteiger partial charge in [0.15, 0.2) is 11.5 Å². The maximum Gasteiger partial charge on any atom is 0.193 e. The van der Waals surface area contributed by atoms with Gasteiger partial charge in [-0.2, -0.15) is 5.23 Å². The van der Waals surface area contributed by atoms with E-state index in [0.29, 0.717) is 22.8 Å². The smallest absolute Gasteiger partial charge is 0.193 e. The molecule has 0 radical (unpaired) electrons. The Morgan fingerprint density at radius 3 is 2.24 bits per heavy atom. The summed E-state index contributed by atoms with van der Waals surface area (Å²) in [5.74, 6) is 0.816. The summed E-state index contributed by atoms with van der Waals surface area (Å²) in [6.07, 6.45) is 2.88. The van der Waals surface area contributed by atoms with Gasteiger partial charge in [0.1, 0.15) is 22.8 Å². The van der Waals surface area contributed by atoms with Crippen LogP contribution in [-0.2, 0) is 0 Å². The summed E-state index contributed by atoms with van der Waals surface area (Å²) in [7, 11) is 4.40. The summed E-state index contributed by atoms with van der Waals surface area (Å²) in [5.41, 5.74) is 1.00. The SMILES string of the molecule is COc1cc(OC)c(C(=O)C=Cc2cccc([NH+]([O-])O)c2)c(OC)c1. The van der Waals surface area contributed by atoms with Crippen molar-refractivity contribution in [1.82, 2.24) is 0 Å². The third-order valence-corrected chi connectivity index (χ3v) is 3.52. The number of ether oxygens (including phenoxy) is 3. The number of ketones is 1. The van der Waals surface area contributed by atoms with E-state index in [1.165, 1.54) is 45.6 Å². The van der Waals surface area contributed by atoms with Gasteiger partial charge in [-0.3, -0.25) is 4.79 Å². The van der Waals surface area contributed by atoms with Gasteiger partial charge in [-0.05, 0) is 11.6 Å². The fraction of sp³-hybridized carbons (Fsp3) is 0.167. The van der Waals surface area contributed by atoms with Gasteiger partial charge >= 0.3 is 0 Å². The molecule has 0 aliphatic rings. The Hall–Kier alpha value is -2.87. The van der Waals surface area contributed by atoms with E-state index in [1.54, 1.807) is 24.3 Å². The number of carbonyl (C=O) groups is 1. The van der Waals surface area contributed by atoms with Crippen LogP contribution < -0.4 is 19.4 Å². The van der Waals surface area contributed by atoms with Crippen molar-refractivity contribution in [3.8, 4) is 17.2 Å². The lowest BCUT2D eigenvalue weighted by atomic mass is 10.1. The van der Waals surface area contributed by atoms with E-state index < -0.39 is 5.23 Å². The molecule has 0 fully saturated rings. The predicted molar refractivity (Wildman–Crippen MR) is 91.7 cm³/mol. The Bertz CT molecular complexity index is 760. The van der Waals surface area contributed by atoms with Crippen molar-refractivity contribution in [3.05, 3.63) is 58.8 Å². The molecule has 0 aliphatic carbocycles. The van der Waals surface area contributed by atoms with Crippen LogP contribution in [0.3, 0.4) is 0 Å². The number of allylic oxidation sites excluding steroid dienone is 1. The predicted octanol–water partition coefficient (Wildman–Crippen LogP) is 2.01. The van der Waals surface area contributed by atoms with Crippen LogP contribution >= 0.6 is 0 Å². The molecular formula is C18H19NO6. The zero-order valence-electron chi connectivity index (χ0n) is 14.1. The van der Waals surface area contributed by atoms with Gasteiger partial charge in [0.2, 0.25) is 0 Å². The van der Waals surface area contributed by atoms with Gasteiger partial charge in [-0.1, -0.05) is 18.2 Å². The van der Waals surface area contributed by atoms with Crippen LogP contribution in [0.1, 0.15) is 15.9 Å². The lowest BCUT2D eigenvalue weighted by Crippen LogP contribution is -2.99. The topological polar surface area (TPSA) is 92.5 Å². The first-order valence-electron chi connectivity index (χ1n) is 7.36. The van der Waals surface area contributed by atoms with Crippen molar-refractivity contribution in [1.29, 1.82) is 0 Å². The third kappa shape index (κ3) is 4.36. The molecule has 25 heavy (non-hydrogen) atoms. The summed E-state index contributed by atoms with van der Waals surface area (Å²) in [6, 6.07) is 9.47. The van der Waals surface area contributed by atoms with Crippen LogP contribution in [0.15, 0.2) is 42.5 Å². The van der Waals surface area contributed by atoms with Crippen LogP contribution in [0.25, 0.3) is 6.08 Å². The van der Waals surface area contributed by atoms with Crippen molar-refractivity contribution in [2.24, 2.45) is 0 Å². The molecule has 0 amide bonds. The van der Waals surface area contributed by atoms with E-state index in [-0.39, 0.29) is 17.0 Å². The van der Waals surface area contributed by atoms with Crippen molar-refractivity contribution in [2.75, 3.05) is 21.3 Å². The molecule has 0 spiro atoms. The number of quaternary nitrogens is 1. The highest BCUT2D eigenvalue weighted by molar-refractivity contribution is 6.10. The summed E-state index contributed by atoms with van der Waals surface area (Å²) >= 11 is 0. The molecule has 0 saturated heterocycles. The molecule has 132 valence electrons. The van der Waals surface area contributed by atoms with Crippen molar-refractivity contribution in [3.63, 3.8) is 0 Å². The maximum atomic E-state index is 12.6. The van der Waals surface area contributed by atoms with Crippen LogP contribution in [0.2, 0.25) is 0 Å². The summed E-state index contributed by atoms with van der Waals surface area (Å²) in [6.45, 7) is 0. The second-order valence-corrected chi connectivity index (χ2v) is 5.04. The zero-order chi connectivity index (χ0) is 18.4. The normalized spacial score (nSPS) is 12.0. The highest BCUT2D eigenvalue weighted by Gasteiger charge is 2.18. The molecule has 0 heterocycles. The molecule has 2 N–H and O–H groups in total. The zero-order valence-corrected chi connectivity index (χ0v) is 14.1. The molecule has 2 aromatic rings. The standard InChI is InChI=1S/C18H19NO6/c1-23-14-10-16(24-2)18(17(11-14)25-3)15(20)8-7-12-5-4-6-13(9-12)19(21)22/h4-11,19,21H,1-3H3. The van der Waals surface area contributed by atoms with E-state index in [9.17, 15) is 10.0 Å². The molecule has 0 aliphatic heterocycles. The van der Waals surface area contributed by atoms with Crippen LogP contribution in [-0.4, -0.2) is 32.3 Å². The molecule has 7 nitrogen and oxygen atoms in total. The average Bonchev–Trinajstić information content (AvgIpc) is 2.64. The molecule has 0 aromatic heterocycles. The van der Waals surface area contributed by atoms with Gasteiger partial charge in [0.05, 0.1) is 21.3 Å². The quantitative estimate of drug-likeness (QED) is 0.453. The Kier molecular flexibility index (Phi) is 6.13. The van der Waals surface area contributed by atoms with Crippen LogP contribution in [0.5, 0.6) is 17.2 Å². The van der Waals surface area contributed by atoms with Gasteiger partial charge in [0.25, 0.3) is 0 Å². The third-order valence-electron chi connectivity index (χ3n) is 3.52. The van der Waals surface area contributed by atoms with Crippen molar-refractivity contribution >= 4 is 17.5 Å². The molecule has 0 saturated carbocycles. The number of hydrogen-bond donors (Lipinski definition) is 2. The molecule has 1 atom stereocenters. The molecule has 2 rings (SSSR count). The van der Waals surface area contributed by atoms with Gasteiger partial charge in [0, 0.05) is 24.3 Å². The van der Waals surface area contributed by atoms with Gasteiger partial charge in [-0.15, -0.1) is 0 Å². The molecular weight excluding hydrogens is 326 g/mol. The van der Waals surface area contributed by atoms with E-state index in [0.717, 1.165) is 0 Å². The monoisotopic (exact) mass is 345 g/mol. The Morgan fingerprint density at radius 2 is 1.72 bits per heavy atom. The number of carbonyl (C=O) groups excluding carboxylic acids is 1. The Labute approximate surface area is 145 Å². The van der Waals surface area contributed by atoms with E-state index >= 15 is 0 Å². The first kappa shape index (κ1) is 18.5. The number of benzene rings is 2. The first-order valence-corrected chi connectivity index (χ1v) is 7.36. The van der Waals surface area contributed by atoms with Crippen molar-refractivity contribution in [2.45, 2.75) is 0 Å². The number of nitrogens with one attached hydrogen (secondary N) is 1. The number of methoxy groups -OCH3 is 3. The van der Waals surface area contributed by atoms with E-state index in [1.807, 2.05) is 0 Å². The lowest BCUT2D eigenvalue weighted by Gasteiger charge is -2.13. The summed E-state index contributed by atoms with van der Waals surface area (Å²) in [5, 5.41) is 19.0. The Balaban J connectivity index is 2.36. The van der Waals surface area contributed by atoms with Crippen LogP contribution in [0, 0.1) is 5.21 Å². The van der Waals surface area contributed by atoms with E-state index in [2.05, 4.69) is 0 Å². The van der Waals surface area contributed by atoms with Gasteiger partial charge < -0.3 is 19.4 Å². The second kappa shape index (κ2) is 8.29. The molecule has 2 aromatic carbocycles. The number of rotatable bonds is 7. The minimum atomic E-state index is -1.03. The second-order valence-electron chi connectivity index (χ2n) is 5.04. The maximum absolute atomic E-state index is 12.6. The highest BCUT2D eigenvalue weighted by Crippen LogP contribution is 2.34. The average molecular weight is 345 g/mol. The molecule has 1 unspecified atom stereocenters. The Morgan fingerprint density at radius 1 is 1.08 bits per heavy atom. The lowest BCUT2D eigenvalue weighted by molar-refractivity contribution is -0.991. The minimum Gasteiger partial charge on any atom is -0.595 e. The fourth-order valence-corrected chi connectivity index (χ4v) is 2.28. The molecule has 0 bridgehead atoms. The number of hydrogen-bond acceptors (Lipinski definition) is 6.